The standard InChI is InChI=1S/C11H22N4S/c1-9-8-16-7-6-15(9)11(14-12)13-10-4-2-3-5-10/h9-10H,2-8,12H2,1H3,(H,13,14). The Hall–Kier alpha value is -0.420. The third-order valence-electron chi connectivity index (χ3n) is 3.40. The maximum atomic E-state index is 5.61. The first-order valence-corrected chi connectivity index (χ1v) is 7.35. The van der Waals surface area contributed by atoms with Gasteiger partial charge in [0.2, 0.25) is 5.96 Å². The fourth-order valence-electron chi connectivity index (χ4n) is 2.44. The van der Waals surface area contributed by atoms with Crippen molar-refractivity contribution in [2.24, 2.45) is 10.8 Å². The Bertz CT molecular complexity index is 250. The second kappa shape index (κ2) is 5.77. The molecule has 16 heavy (non-hydrogen) atoms. The number of nitrogens with zero attached hydrogens (tertiary/aromatic N) is 2. The minimum atomic E-state index is 0.493. The van der Waals surface area contributed by atoms with Crippen molar-refractivity contribution in [3.05, 3.63) is 0 Å². The molecule has 1 atom stereocenters. The molecule has 2 aliphatic rings. The normalized spacial score (nSPS) is 28.5. The number of hydrogen-bond donors (Lipinski definition) is 2. The first kappa shape index (κ1) is 12.0. The van der Waals surface area contributed by atoms with Crippen molar-refractivity contribution < 1.29 is 0 Å². The van der Waals surface area contributed by atoms with Gasteiger partial charge in [0.1, 0.15) is 0 Å². The molecule has 2 rings (SSSR count). The minimum Gasteiger partial charge on any atom is -0.338 e. The van der Waals surface area contributed by atoms with E-state index in [4.69, 9.17) is 10.8 Å². The summed E-state index contributed by atoms with van der Waals surface area (Å²) >= 11 is 2.01. The zero-order valence-corrected chi connectivity index (χ0v) is 10.8. The minimum absolute atomic E-state index is 0.493. The lowest BCUT2D eigenvalue weighted by atomic mass is 10.3. The zero-order valence-electron chi connectivity index (χ0n) is 9.98. The average Bonchev–Trinajstić information content (AvgIpc) is 2.80. The molecule has 1 heterocycles. The van der Waals surface area contributed by atoms with Crippen LogP contribution in [0, 0.1) is 0 Å². The van der Waals surface area contributed by atoms with Crippen molar-refractivity contribution in [2.45, 2.75) is 44.7 Å². The molecule has 2 fully saturated rings. The summed E-state index contributed by atoms with van der Waals surface area (Å²) in [7, 11) is 0. The van der Waals surface area contributed by atoms with Gasteiger partial charge in [0.25, 0.3) is 0 Å². The van der Waals surface area contributed by atoms with Crippen LogP contribution in [0.5, 0.6) is 0 Å². The molecular formula is C11H22N4S. The lowest BCUT2D eigenvalue weighted by Gasteiger charge is -2.35. The van der Waals surface area contributed by atoms with Gasteiger partial charge in [0.05, 0.1) is 6.04 Å². The van der Waals surface area contributed by atoms with Gasteiger partial charge in [-0.15, -0.1) is 0 Å². The third-order valence-corrected chi connectivity index (χ3v) is 4.59. The molecule has 1 saturated heterocycles. The predicted octanol–water partition coefficient (Wildman–Crippen LogP) is 1.19. The Balaban J connectivity index is 2.01. The van der Waals surface area contributed by atoms with Crippen LogP contribution in [0.4, 0.5) is 0 Å². The molecule has 0 radical (unpaired) electrons. The summed E-state index contributed by atoms with van der Waals surface area (Å²) in [4.78, 5) is 7.08. The van der Waals surface area contributed by atoms with Crippen molar-refractivity contribution in [3.63, 3.8) is 0 Å². The zero-order chi connectivity index (χ0) is 11.4. The Morgan fingerprint density at radius 2 is 2.19 bits per heavy atom. The summed E-state index contributed by atoms with van der Waals surface area (Å²) in [6.45, 7) is 3.30. The van der Waals surface area contributed by atoms with Crippen LogP contribution in [0.25, 0.3) is 0 Å². The molecule has 3 N–H and O–H groups in total. The Kier molecular flexibility index (Phi) is 4.35. The molecule has 0 aromatic rings. The smallest absolute Gasteiger partial charge is 0.208 e. The molecule has 1 aliphatic heterocycles. The van der Waals surface area contributed by atoms with Gasteiger partial charge < -0.3 is 4.90 Å². The van der Waals surface area contributed by atoms with Crippen molar-refractivity contribution in [2.75, 3.05) is 18.1 Å². The summed E-state index contributed by atoms with van der Waals surface area (Å²) in [5, 5.41) is 0. The van der Waals surface area contributed by atoms with Crippen LogP contribution in [-0.2, 0) is 0 Å². The van der Waals surface area contributed by atoms with Gasteiger partial charge in [-0.25, -0.2) is 10.8 Å². The first-order valence-electron chi connectivity index (χ1n) is 6.20. The maximum Gasteiger partial charge on any atom is 0.208 e. The van der Waals surface area contributed by atoms with Crippen molar-refractivity contribution in [3.8, 4) is 0 Å². The van der Waals surface area contributed by atoms with Crippen LogP contribution in [0.15, 0.2) is 4.99 Å². The Labute approximate surface area is 102 Å². The fourth-order valence-corrected chi connectivity index (χ4v) is 3.46. The number of aliphatic imine (C=N–C) groups is 1. The molecule has 5 heteroatoms. The number of guanidine groups is 1. The molecule has 1 unspecified atom stereocenters. The summed E-state index contributed by atoms with van der Waals surface area (Å²) in [6, 6.07) is 1.03. The number of hydrogen-bond acceptors (Lipinski definition) is 3. The highest BCUT2D eigenvalue weighted by Gasteiger charge is 2.23. The number of nitrogens with two attached hydrogens (primary N) is 1. The van der Waals surface area contributed by atoms with E-state index in [1.165, 1.54) is 37.2 Å². The molecular weight excluding hydrogens is 220 g/mol. The van der Waals surface area contributed by atoms with Gasteiger partial charge in [-0.1, -0.05) is 12.8 Å². The van der Waals surface area contributed by atoms with Gasteiger partial charge in [0.15, 0.2) is 0 Å². The van der Waals surface area contributed by atoms with E-state index in [1.807, 2.05) is 11.8 Å². The fraction of sp³-hybridized carbons (Fsp3) is 0.909. The van der Waals surface area contributed by atoms with Crippen LogP contribution >= 0.6 is 11.8 Å². The molecule has 92 valence electrons. The highest BCUT2D eigenvalue weighted by molar-refractivity contribution is 7.99. The van der Waals surface area contributed by atoms with Gasteiger partial charge in [-0.05, 0) is 19.8 Å². The summed E-state index contributed by atoms with van der Waals surface area (Å²) in [5.74, 6) is 8.87. The largest absolute Gasteiger partial charge is 0.338 e. The van der Waals surface area contributed by atoms with E-state index in [9.17, 15) is 0 Å². The highest BCUT2D eigenvalue weighted by atomic mass is 32.2. The van der Waals surface area contributed by atoms with Crippen LogP contribution in [0.3, 0.4) is 0 Å². The summed E-state index contributed by atoms with van der Waals surface area (Å²) < 4.78 is 0. The topological polar surface area (TPSA) is 53.6 Å². The molecule has 0 bridgehead atoms. The number of nitrogens with one attached hydrogen (secondary N) is 1. The maximum absolute atomic E-state index is 5.61. The quantitative estimate of drug-likeness (QED) is 0.314. The van der Waals surface area contributed by atoms with Crippen LogP contribution in [-0.4, -0.2) is 41.0 Å². The van der Waals surface area contributed by atoms with Gasteiger partial charge >= 0.3 is 0 Å². The average molecular weight is 242 g/mol. The van der Waals surface area contributed by atoms with Crippen LogP contribution < -0.4 is 11.3 Å². The van der Waals surface area contributed by atoms with Crippen molar-refractivity contribution in [1.29, 1.82) is 0 Å². The predicted molar refractivity (Wildman–Crippen MR) is 70.5 cm³/mol. The summed E-state index contributed by atoms with van der Waals surface area (Å²) in [5.41, 5.74) is 2.80. The lowest BCUT2D eigenvalue weighted by Crippen LogP contribution is -2.52. The molecule has 0 amide bonds. The third kappa shape index (κ3) is 2.83. The van der Waals surface area contributed by atoms with Gasteiger partial charge in [-0.3, -0.25) is 5.43 Å². The number of rotatable bonds is 1. The highest BCUT2D eigenvalue weighted by Crippen LogP contribution is 2.22. The second-order valence-corrected chi connectivity index (χ2v) is 5.80. The molecule has 0 aromatic heterocycles. The van der Waals surface area contributed by atoms with E-state index in [0.29, 0.717) is 12.1 Å². The molecule has 0 spiro atoms. The molecule has 0 aromatic carbocycles. The Morgan fingerprint density at radius 1 is 1.44 bits per heavy atom. The van der Waals surface area contributed by atoms with E-state index < -0.39 is 0 Å². The van der Waals surface area contributed by atoms with E-state index in [0.717, 1.165) is 12.5 Å². The van der Waals surface area contributed by atoms with Crippen molar-refractivity contribution >= 4 is 17.7 Å². The van der Waals surface area contributed by atoms with Gasteiger partial charge in [-0.2, -0.15) is 11.8 Å². The lowest BCUT2D eigenvalue weighted by molar-refractivity contribution is 0.349. The molecule has 1 saturated carbocycles. The van der Waals surface area contributed by atoms with Crippen molar-refractivity contribution in [1.82, 2.24) is 10.3 Å². The SMILES string of the molecule is CC1CSCCN1C(=NC1CCCC1)NN. The Morgan fingerprint density at radius 3 is 2.81 bits per heavy atom. The number of thioether (sulfide) groups is 1. The molecule has 4 nitrogen and oxygen atoms in total. The van der Waals surface area contributed by atoms with E-state index in [-0.39, 0.29) is 0 Å². The summed E-state index contributed by atoms with van der Waals surface area (Å²) in [6.07, 6.45) is 5.08. The van der Waals surface area contributed by atoms with Gasteiger partial charge in [0, 0.05) is 24.1 Å². The van der Waals surface area contributed by atoms with E-state index in [2.05, 4.69) is 17.2 Å². The van der Waals surface area contributed by atoms with Crippen LogP contribution in [0.1, 0.15) is 32.6 Å². The monoisotopic (exact) mass is 242 g/mol. The second-order valence-electron chi connectivity index (χ2n) is 4.65. The molecule has 1 aliphatic carbocycles. The van der Waals surface area contributed by atoms with E-state index >= 15 is 0 Å². The van der Waals surface area contributed by atoms with E-state index in [1.54, 1.807) is 0 Å². The first-order chi connectivity index (χ1) is 7.81. The van der Waals surface area contributed by atoms with Crippen LogP contribution in [0.2, 0.25) is 0 Å². The number of hydrazine groups is 1.